The predicted octanol–water partition coefficient (Wildman–Crippen LogP) is 5.90. The maximum atomic E-state index is 14.2. The molecule has 13 nitrogen and oxygen atoms in total. The Morgan fingerprint density at radius 1 is 0.871 bits per heavy atom. The first-order valence-corrected chi connectivity index (χ1v) is 23.1. The molecule has 3 aliphatic heterocycles. The molecule has 0 aromatic carbocycles. The monoisotopic (exact) mass is 870 g/mol. The fraction of sp³-hybridized carbons (Fsp3) is 0.735. The molecular weight excluding hydrogens is 795 g/mol. The summed E-state index contributed by atoms with van der Waals surface area (Å²) in [6.07, 6.45) is 11.5. The number of aliphatic hydroxyl groups excluding tert-OH is 3. The number of hydrogen-bond acceptors (Lipinski definition) is 12. The van der Waals surface area contributed by atoms with Crippen molar-refractivity contribution in [2.75, 3.05) is 13.7 Å². The molecule has 3 fully saturated rings. The largest absolute Gasteiger partial charge is 0.460 e. The number of carbonyl (C=O) groups excluding carboxylic acids is 5. The molecular formula is C49H75NO12. The number of allylic oxidation sites excluding steroid dienone is 6. The highest BCUT2D eigenvalue weighted by Gasteiger charge is 2.53. The van der Waals surface area contributed by atoms with Crippen molar-refractivity contribution in [1.29, 1.82) is 0 Å². The molecule has 12 atom stereocenters. The molecule has 13 heteroatoms. The highest BCUT2D eigenvalue weighted by molar-refractivity contribution is 6.39. The van der Waals surface area contributed by atoms with E-state index in [0.29, 0.717) is 62.5 Å². The van der Waals surface area contributed by atoms with Gasteiger partial charge in [0.1, 0.15) is 30.1 Å². The Morgan fingerprint density at radius 3 is 2.24 bits per heavy atom. The lowest BCUT2D eigenvalue weighted by Gasteiger charge is -2.42. The lowest BCUT2D eigenvalue weighted by molar-refractivity contribution is -0.265. The van der Waals surface area contributed by atoms with E-state index in [2.05, 4.69) is 0 Å². The number of amides is 1. The van der Waals surface area contributed by atoms with Gasteiger partial charge in [-0.1, -0.05) is 71.1 Å². The molecule has 0 aromatic heterocycles. The quantitative estimate of drug-likeness (QED) is 0.149. The topological polar surface area (TPSA) is 197 Å². The van der Waals surface area contributed by atoms with Gasteiger partial charge in [0.2, 0.25) is 5.79 Å². The summed E-state index contributed by atoms with van der Waals surface area (Å²) in [5, 5.41) is 44.4. The van der Waals surface area contributed by atoms with Gasteiger partial charge in [0.05, 0.1) is 18.3 Å². The summed E-state index contributed by atoms with van der Waals surface area (Å²) in [5.74, 6) is -7.88. The van der Waals surface area contributed by atoms with Crippen LogP contribution >= 0.6 is 0 Å². The SMILES string of the molecule is CO[C@H]1C(=O)[C@H](C)C[C@H](C)/C=C/C=C/C=C(\C)[C@@H](O)C[C@@H]2CC[C@@H](C)[C@@](O)(O2)C(=O)C(=O)N2CCCC[C@H]2C(=O)O[C@H]([C@H](C)C[C@H]2CC[C@H](O)CC2)CC(=O)[C@H](C)/C=C(\C)[C@H]1O. The molecule has 0 unspecified atom stereocenters. The van der Waals surface area contributed by atoms with Gasteiger partial charge in [-0.15, -0.1) is 0 Å². The van der Waals surface area contributed by atoms with E-state index < -0.39 is 77.8 Å². The molecule has 3 heterocycles. The van der Waals surface area contributed by atoms with Crippen LogP contribution in [-0.4, -0.2) is 117 Å². The van der Waals surface area contributed by atoms with Crippen LogP contribution in [0.5, 0.6) is 0 Å². The van der Waals surface area contributed by atoms with Crippen molar-refractivity contribution in [3.8, 4) is 0 Å². The number of Topliss-reactive ketones (excluding diaryl/α,β-unsaturated/α-hetero) is 3. The van der Waals surface area contributed by atoms with Crippen molar-refractivity contribution in [3.05, 3.63) is 47.6 Å². The van der Waals surface area contributed by atoms with Crippen LogP contribution in [0.4, 0.5) is 0 Å². The van der Waals surface area contributed by atoms with E-state index in [1.54, 1.807) is 52.8 Å². The second kappa shape index (κ2) is 23.6. The molecule has 4 aliphatic rings. The summed E-state index contributed by atoms with van der Waals surface area (Å²) in [5.41, 5.74) is 1.02. The van der Waals surface area contributed by atoms with Crippen LogP contribution in [0.15, 0.2) is 47.6 Å². The number of piperidine rings is 1. The highest BCUT2D eigenvalue weighted by atomic mass is 16.6. The van der Waals surface area contributed by atoms with Crippen LogP contribution in [0.2, 0.25) is 0 Å². The predicted molar refractivity (Wildman–Crippen MR) is 234 cm³/mol. The Hall–Kier alpha value is -3.33. The fourth-order valence-electron chi connectivity index (χ4n) is 9.57. The maximum Gasteiger partial charge on any atom is 0.329 e. The summed E-state index contributed by atoms with van der Waals surface area (Å²) >= 11 is 0. The number of ketones is 3. The lowest BCUT2D eigenvalue weighted by Crippen LogP contribution is -2.61. The number of nitrogens with zero attached hydrogens (tertiary/aromatic N) is 1. The number of esters is 1. The Morgan fingerprint density at radius 2 is 1.56 bits per heavy atom. The summed E-state index contributed by atoms with van der Waals surface area (Å²) in [7, 11) is 1.37. The molecule has 1 amide bonds. The molecule has 348 valence electrons. The first kappa shape index (κ1) is 51.3. The van der Waals surface area contributed by atoms with Crippen LogP contribution in [-0.2, 0) is 38.2 Å². The first-order chi connectivity index (χ1) is 29.3. The summed E-state index contributed by atoms with van der Waals surface area (Å²) in [6.45, 7) is 12.5. The van der Waals surface area contributed by atoms with E-state index in [1.807, 2.05) is 32.1 Å². The van der Waals surface area contributed by atoms with Crippen LogP contribution in [0.3, 0.4) is 0 Å². The minimum absolute atomic E-state index is 0.00307. The van der Waals surface area contributed by atoms with E-state index in [1.165, 1.54) is 12.0 Å². The summed E-state index contributed by atoms with van der Waals surface area (Å²) < 4.78 is 17.8. The molecule has 0 aromatic rings. The summed E-state index contributed by atoms with van der Waals surface area (Å²) in [6, 6.07) is -1.13. The molecule has 0 spiro atoms. The summed E-state index contributed by atoms with van der Waals surface area (Å²) in [4.78, 5) is 71.2. The molecule has 0 radical (unpaired) electrons. The zero-order valence-corrected chi connectivity index (χ0v) is 38.4. The van der Waals surface area contributed by atoms with Crippen molar-refractivity contribution >= 4 is 29.2 Å². The number of cyclic esters (lactones) is 1. The van der Waals surface area contributed by atoms with Gasteiger partial charge in [0, 0.05) is 44.2 Å². The van der Waals surface area contributed by atoms with Crippen LogP contribution in [0, 0.1) is 35.5 Å². The van der Waals surface area contributed by atoms with E-state index in [4.69, 9.17) is 14.2 Å². The second-order valence-electron chi connectivity index (χ2n) is 19.0. The van der Waals surface area contributed by atoms with Crippen molar-refractivity contribution in [2.45, 2.75) is 180 Å². The van der Waals surface area contributed by atoms with Gasteiger partial charge >= 0.3 is 5.97 Å². The number of hydrogen-bond donors (Lipinski definition) is 4. The molecule has 4 N–H and O–H groups in total. The van der Waals surface area contributed by atoms with Crippen LogP contribution in [0.25, 0.3) is 0 Å². The minimum Gasteiger partial charge on any atom is -0.460 e. The molecule has 2 saturated heterocycles. The van der Waals surface area contributed by atoms with Gasteiger partial charge in [-0.25, -0.2) is 4.79 Å². The van der Waals surface area contributed by atoms with Crippen LogP contribution in [0.1, 0.15) is 132 Å². The molecule has 1 aliphatic carbocycles. The number of aliphatic hydroxyl groups is 4. The van der Waals surface area contributed by atoms with Gasteiger partial charge in [-0.3, -0.25) is 19.2 Å². The third kappa shape index (κ3) is 13.6. The van der Waals surface area contributed by atoms with Gasteiger partial charge < -0.3 is 39.5 Å². The van der Waals surface area contributed by atoms with Gasteiger partial charge in [0.15, 0.2) is 5.78 Å². The average molecular weight is 870 g/mol. The lowest BCUT2D eigenvalue weighted by atomic mass is 9.79. The van der Waals surface area contributed by atoms with Crippen LogP contribution < -0.4 is 0 Å². The maximum absolute atomic E-state index is 14.2. The Balaban J connectivity index is 1.68. The Bertz CT molecular complexity index is 1680. The third-order valence-electron chi connectivity index (χ3n) is 13.9. The van der Waals surface area contributed by atoms with E-state index >= 15 is 0 Å². The zero-order valence-electron chi connectivity index (χ0n) is 38.4. The molecule has 1 saturated carbocycles. The Labute approximate surface area is 369 Å². The number of carbonyl (C=O) groups is 5. The third-order valence-corrected chi connectivity index (χ3v) is 13.9. The van der Waals surface area contributed by atoms with E-state index in [9.17, 15) is 44.4 Å². The molecule has 4 rings (SSSR count). The number of rotatable bonds is 4. The highest BCUT2D eigenvalue weighted by Crippen LogP contribution is 2.37. The van der Waals surface area contributed by atoms with Gasteiger partial charge in [-0.2, -0.15) is 0 Å². The van der Waals surface area contributed by atoms with Crippen molar-refractivity contribution in [2.24, 2.45) is 35.5 Å². The second-order valence-corrected chi connectivity index (χ2v) is 19.0. The average Bonchev–Trinajstić information content (AvgIpc) is 3.24. The molecule has 62 heavy (non-hydrogen) atoms. The zero-order chi connectivity index (χ0) is 45.9. The van der Waals surface area contributed by atoms with E-state index in [-0.39, 0.29) is 61.2 Å². The number of methoxy groups -OCH3 is 1. The van der Waals surface area contributed by atoms with Gasteiger partial charge in [-0.05, 0) is 113 Å². The normalized spacial score (nSPS) is 40.6. The number of fused-ring (bicyclic) bond motifs is 3. The van der Waals surface area contributed by atoms with Crippen molar-refractivity contribution < 1.29 is 58.6 Å². The fourth-order valence-corrected chi connectivity index (χ4v) is 9.57. The van der Waals surface area contributed by atoms with Gasteiger partial charge in [0.25, 0.3) is 11.7 Å². The van der Waals surface area contributed by atoms with Crippen molar-refractivity contribution in [1.82, 2.24) is 4.90 Å². The number of ether oxygens (including phenoxy) is 3. The van der Waals surface area contributed by atoms with Crippen molar-refractivity contribution in [3.63, 3.8) is 0 Å². The minimum atomic E-state index is -2.47. The standard InChI is InChI=1S/C49H75NO12/c1-29-14-10-9-11-15-30(2)40(52)27-38-22-17-35(7)49(59,62-38)46(56)47(57)50-23-13-12-16-39(50)48(58)61-42(32(4)26-36-18-20-37(51)21-19-36)28-41(53)31(3)25-34(6)44(55)45(60-8)43(54)33(5)24-29/h9-11,14-15,25,29,31-33,35-40,42,44-45,51-52,55,59H,12-13,16-24,26-28H2,1-8H3/b11-9+,14-10+,30-15+,34-25+/t29-,31-,32-,33-,35-,36-,37-,38+,39+,40+,42+,44-,45+,49-/m1/s1. The molecule has 2 bridgehead atoms. The first-order valence-electron chi connectivity index (χ1n) is 23.1. The van der Waals surface area contributed by atoms with E-state index in [0.717, 1.165) is 12.8 Å². The Kier molecular flexibility index (Phi) is 19.5. The smallest absolute Gasteiger partial charge is 0.329 e.